The lowest BCUT2D eigenvalue weighted by atomic mass is 9.87. The molecule has 0 spiro atoms. The maximum Gasteiger partial charge on any atom is 0.136 e. The molecule has 0 atom stereocenters. The van der Waals surface area contributed by atoms with E-state index in [-0.39, 0.29) is 0 Å². The number of nitriles is 1. The molecule has 0 N–H and O–H groups in total. The van der Waals surface area contributed by atoms with Gasteiger partial charge in [0.15, 0.2) is 0 Å². The van der Waals surface area contributed by atoms with Crippen LogP contribution in [0.25, 0.3) is 87.7 Å². The van der Waals surface area contributed by atoms with E-state index in [4.69, 9.17) is 4.74 Å². The number of rotatable bonds is 3. The summed E-state index contributed by atoms with van der Waals surface area (Å²) in [5.74, 6) is 1.61. The highest BCUT2D eigenvalue weighted by molar-refractivity contribution is 6.27. The van der Waals surface area contributed by atoms with Gasteiger partial charge in [-0.15, -0.1) is 0 Å². The van der Waals surface area contributed by atoms with Crippen LogP contribution in [0.5, 0.6) is 11.5 Å². The normalized spacial score (nSPS) is 12.0. The average molecular weight is 597 g/mol. The van der Waals surface area contributed by atoms with Gasteiger partial charge >= 0.3 is 0 Å². The van der Waals surface area contributed by atoms with E-state index in [1.165, 1.54) is 43.4 Å². The molecule has 216 valence electrons. The highest BCUT2D eigenvalue weighted by atomic mass is 16.5. The standard InChI is InChI=1S/C44H24N2O/c45-25-31-15-21-40-44-33(31)7-4-8-36(44)35-18-14-29(24-41(35)47-40)28-5-3-6-30(23-28)32-16-10-26-13-20-38-34(39-9-1-2-22-46-39)17-11-27-12-19-37(32)42(26)43(27)38/h1-24H. The fraction of sp³-hybridized carbons (Fsp3) is 0. The van der Waals surface area contributed by atoms with Gasteiger partial charge in [-0.2, -0.15) is 5.26 Å². The van der Waals surface area contributed by atoms with Gasteiger partial charge in [-0.1, -0.05) is 97.1 Å². The molecule has 2 heterocycles. The quantitative estimate of drug-likeness (QED) is 0.191. The number of benzene rings is 8. The molecule has 9 aromatic rings. The van der Waals surface area contributed by atoms with E-state index in [0.717, 1.165) is 55.8 Å². The maximum absolute atomic E-state index is 9.66. The summed E-state index contributed by atoms with van der Waals surface area (Å²) < 4.78 is 6.48. The van der Waals surface area contributed by atoms with Crippen molar-refractivity contribution in [1.29, 1.82) is 5.26 Å². The molecule has 0 saturated heterocycles. The second-order valence-corrected chi connectivity index (χ2v) is 12.2. The van der Waals surface area contributed by atoms with Crippen molar-refractivity contribution in [2.75, 3.05) is 0 Å². The van der Waals surface area contributed by atoms with E-state index >= 15 is 0 Å². The fourth-order valence-electron chi connectivity index (χ4n) is 7.57. The van der Waals surface area contributed by atoms with E-state index in [1.807, 2.05) is 42.6 Å². The summed E-state index contributed by atoms with van der Waals surface area (Å²) in [5, 5.41) is 19.1. The average Bonchev–Trinajstić information content (AvgIpc) is 3.14. The van der Waals surface area contributed by atoms with Gasteiger partial charge in [-0.25, -0.2) is 0 Å². The molecular formula is C44H24N2O. The first kappa shape index (κ1) is 25.8. The maximum atomic E-state index is 9.66. The van der Waals surface area contributed by atoms with Crippen molar-refractivity contribution >= 4 is 43.1 Å². The molecule has 47 heavy (non-hydrogen) atoms. The Kier molecular flexibility index (Phi) is 5.35. The molecular weight excluding hydrogens is 572 g/mol. The van der Waals surface area contributed by atoms with Crippen LogP contribution in [0, 0.1) is 11.3 Å². The summed E-state index contributed by atoms with van der Waals surface area (Å²) in [6.45, 7) is 0. The van der Waals surface area contributed by atoms with Gasteiger partial charge in [0.05, 0.1) is 17.3 Å². The van der Waals surface area contributed by atoms with Crippen LogP contribution in [0.2, 0.25) is 0 Å². The second-order valence-electron chi connectivity index (χ2n) is 12.2. The molecule has 10 rings (SSSR count). The Bertz CT molecular complexity index is 2770. The molecule has 0 bridgehead atoms. The highest BCUT2D eigenvalue weighted by Gasteiger charge is 2.22. The highest BCUT2D eigenvalue weighted by Crippen LogP contribution is 2.48. The summed E-state index contributed by atoms with van der Waals surface area (Å²) in [6, 6.07) is 51.4. The third-order valence-corrected chi connectivity index (χ3v) is 9.73. The van der Waals surface area contributed by atoms with Crippen LogP contribution in [-0.4, -0.2) is 4.98 Å². The van der Waals surface area contributed by atoms with Crippen LogP contribution < -0.4 is 4.74 Å². The van der Waals surface area contributed by atoms with Crippen molar-refractivity contribution in [3.63, 3.8) is 0 Å². The smallest absolute Gasteiger partial charge is 0.136 e. The van der Waals surface area contributed by atoms with E-state index in [1.54, 1.807) is 0 Å². The third kappa shape index (κ3) is 3.76. The van der Waals surface area contributed by atoms with Crippen molar-refractivity contribution in [1.82, 2.24) is 4.98 Å². The lowest BCUT2D eigenvalue weighted by Gasteiger charge is -2.22. The van der Waals surface area contributed by atoms with Gasteiger partial charge in [-0.3, -0.25) is 4.98 Å². The van der Waals surface area contributed by atoms with Crippen LogP contribution in [-0.2, 0) is 0 Å². The zero-order valence-electron chi connectivity index (χ0n) is 25.2. The fourth-order valence-corrected chi connectivity index (χ4v) is 7.57. The molecule has 0 radical (unpaired) electrons. The lowest BCUT2D eigenvalue weighted by molar-refractivity contribution is 0.487. The van der Waals surface area contributed by atoms with Crippen LogP contribution in [0.4, 0.5) is 0 Å². The van der Waals surface area contributed by atoms with Gasteiger partial charge in [0, 0.05) is 28.1 Å². The molecule has 0 amide bonds. The monoisotopic (exact) mass is 596 g/mol. The molecule has 0 fully saturated rings. The third-order valence-electron chi connectivity index (χ3n) is 9.73. The SMILES string of the molecule is N#Cc1ccc2c3c(cccc13)-c1ccc(-c3cccc(-c4ccc5ccc6c(-c7ccccn7)ccc7ccc4c5c76)c3)cc1O2. The van der Waals surface area contributed by atoms with Crippen LogP contribution in [0.1, 0.15) is 5.56 Å². The van der Waals surface area contributed by atoms with Crippen molar-refractivity contribution < 1.29 is 4.74 Å². The Morgan fingerprint density at radius 2 is 1.19 bits per heavy atom. The summed E-state index contributed by atoms with van der Waals surface area (Å²) in [6.07, 6.45) is 1.86. The number of aromatic nitrogens is 1. The zero-order chi connectivity index (χ0) is 31.1. The molecule has 0 saturated carbocycles. The molecule has 1 aliphatic rings. The van der Waals surface area contributed by atoms with Crippen molar-refractivity contribution in [2.45, 2.75) is 0 Å². The van der Waals surface area contributed by atoms with Gasteiger partial charge < -0.3 is 4.74 Å². The van der Waals surface area contributed by atoms with Crippen LogP contribution in [0.15, 0.2) is 146 Å². The van der Waals surface area contributed by atoms with E-state index in [2.05, 4.69) is 114 Å². The minimum absolute atomic E-state index is 0.659. The van der Waals surface area contributed by atoms with Crippen LogP contribution >= 0.6 is 0 Å². The summed E-state index contributed by atoms with van der Waals surface area (Å²) in [7, 11) is 0. The predicted octanol–water partition coefficient (Wildman–Crippen LogP) is 11.8. The largest absolute Gasteiger partial charge is 0.456 e. The molecule has 1 aromatic heterocycles. The van der Waals surface area contributed by atoms with Gasteiger partial charge in [0.1, 0.15) is 11.5 Å². The van der Waals surface area contributed by atoms with Gasteiger partial charge in [0.25, 0.3) is 0 Å². The first-order valence-electron chi connectivity index (χ1n) is 15.8. The Hall–Kier alpha value is -6.50. The number of ether oxygens (including phenoxy) is 1. The molecule has 0 aliphatic carbocycles. The number of hydrogen-bond donors (Lipinski definition) is 0. The van der Waals surface area contributed by atoms with E-state index < -0.39 is 0 Å². The minimum Gasteiger partial charge on any atom is -0.456 e. The van der Waals surface area contributed by atoms with E-state index in [9.17, 15) is 5.26 Å². The van der Waals surface area contributed by atoms with E-state index in [0.29, 0.717) is 5.56 Å². The van der Waals surface area contributed by atoms with Crippen molar-refractivity contribution in [3.05, 3.63) is 151 Å². The molecule has 3 heteroatoms. The Morgan fingerprint density at radius 3 is 2.00 bits per heavy atom. The van der Waals surface area contributed by atoms with Gasteiger partial charge in [-0.05, 0) is 103 Å². The predicted molar refractivity (Wildman–Crippen MR) is 192 cm³/mol. The number of pyridine rings is 1. The first-order valence-corrected chi connectivity index (χ1v) is 15.8. The molecule has 0 unspecified atom stereocenters. The Labute approximate surface area is 270 Å². The molecule has 3 nitrogen and oxygen atoms in total. The number of fused-ring (bicyclic) bond motifs is 2. The van der Waals surface area contributed by atoms with Crippen LogP contribution in [0.3, 0.4) is 0 Å². The summed E-state index contributed by atoms with van der Waals surface area (Å²) in [4.78, 5) is 4.67. The first-order chi connectivity index (χ1) is 23.2. The second kappa shape index (κ2) is 9.75. The number of nitrogens with zero attached hydrogens (tertiary/aromatic N) is 2. The Balaban J connectivity index is 1.11. The topological polar surface area (TPSA) is 45.9 Å². The summed E-state index contributed by atoms with van der Waals surface area (Å²) in [5.41, 5.74) is 9.52. The lowest BCUT2D eigenvalue weighted by Crippen LogP contribution is -1.98. The van der Waals surface area contributed by atoms with Crippen molar-refractivity contribution in [3.8, 4) is 62.2 Å². The molecule has 1 aliphatic heterocycles. The number of hydrogen-bond acceptors (Lipinski definition) is 3. The minimum atomic E-state index is 0.659. The zero-order valence-corrected chi connectivity index (χ0v) is 25.2. The Morgan fingerprint density at radius 1 is 0.468 bits per heavy atom. The van der Waals surface area contributed by atoms with Crippen molar-refractivity contribution in [2.24, 2.45) is 0 Å². The molecule has 8 aromatic carbocycles. The summed E-state index contributed by atoms with van der Waals surface area (Å²) >= 11 is 0. The van der Waals surface area contributed by atoms with Gasteiger partial charge in [0.2, 0.25) is 0 Å².